The zero-order valence-electron chi connectivity index (χ0n) is 10.3. The van der Waals surface area contributed by atoms with Crippen molar-refractivity contribution in [2.24, 2.45) is 5.92 Å². The van der Waals surface area contributed by atoms with Crippen molar-refractivity contribution in [1.29, 1.82) is 0 Å². The summed E-state index contributed by atoms with van der Waals surface area (Å²) in [5, 5.41) is 11.9. The van der Waals surface area contributed by atoms with Crippen LogP contribution in [0.2, 0.25) is 0 Å². The van der Waals surface area contributed by atoms with E-state index in [0.717, 1.165) is 13.0 Å². The van der Waals surface area contributed by atoms with Crippen LogP contribution in [0.25, 0.3) is 0 Å². The molecule has 90 valence electrons. The van der Waals surface area contributed by atoms with Gasteiger partial charge >= 0.3 is 5.97 Å². The summed E-state index contributed by atoms with van der Waals surface area (Å²) in [7, 11) is 1.97. The molecule has 1 unspecified atom stereocenters. The van der Waals surface area contributed by atoms with Crippen molar-refractivity contribution in [2.45, 2.75) is 33.2 Å². The molecule has 0 aliphatic rings. The fourth-order valence-corrected chi connectivity index (χ4v) is 1.36. The predicted octanol–water partition coefficient (Wildman–Crippen LogP) is 1.03. The van der Waals surface area contributed by atoms with E-state index in [9.17, 15) is 4.79 Å². The van der Waals surface area contributed by atoms with Crippen LogP contribution < -0.4 is 5.32 Å². The van der Waals surface area contributed by atoms with E-state index in [-0.39, 0.29) is 0 Å². The van der Waals surface area contributed by atoms with Crippen molar-refractivity contribution in [2.75, 3.05) is 26.7 Å². The lowest BCUT2D eigenvalue weighted by Crippen LogP contribution is -2.45. The highest BCUT2D eigenvalue weighted by atomic mass is 16.4. The maximum absolute atomic E-state index is 10.9. The molecule has 4 nitrogen and oxygen atoms in total. The Balaban J connectivity index is 3.88. The molecule has 0 aromatic carbocycles. The Bertz CT molecular complexity index is 183. The molecule has 0 aromatic heterocycles. The number of carboxylic acids is 1. The van der Waals surface area contributed by atoms with Gasteiger partial charge in [-0.05, 0) is 32.5 Å². The van der Waals surface area contributed by atoms with Crippen LogP contribution in [-0.2, 0) is 4.79 Å². The number of rotatable bonds is 8. The average molecular weight is 216 g/mol. The molecule has 0 amide bonds. The minimum Gasteiger partial charge on any atom is -0.480 e. The van der Waals surface area contributed by atoms with Crippen LogP contribution in [0.5, 0.6) is 0 Å². The third-order valence-electron chi connectivity index (χ3n) is 2.33. The Labute approximate surface area is 92.7 Å². The lowest BCUT2D eigenvalue weighted by Gasteiger charge is -2.22. The Morgan fingerprint density at radius 2 is 2.07 bits per heavy atom. The number of hydrogen-bond donors (Lipinski definition) is 2. The molecular weight excluding hydrogens is 192 g/mol. The summed E-state index contributed by atoms with van der Waals surface area (Å²) in [6, 6.07) is -0.452. The van der Waals surface area contributed by atoms with Crippen molar-refractivity contribution in [3.63, 3.8) is 0 Å². The van der Waals surface area contributed by atoms with Crippen LogP contribution in [0.3, 0.4) is 0 Å². The van der Waals surface area contributed by atoms with Crippen LogP contribution in [0.15, 0.2) is 0 Å². The second-order valence-corrected chi connectivity index (χ2v) is 4.39. The summed E-state index contributed by atoms with van der Waals surface area (Å²) < 4.78 is 0. The lowest BCUT2D eigenvalue weighted by atomic mass is 10.1. The molecular formula is C11H24N2O2. The monoisotopic (exact) mass is 216 g/mol. The molecule has 15 heavy (non-hydrogen) atoms. The summed E-state index contributed by atoms with van der Waals surface area (Å²) in [5.74, 6) is -0.108. The molecule has 0 spiro atoms. The number of likely N-dealkylation sites (N-methyl/N-ethyl adjacent to an activating group) is 2. The molecule has 1 atom stereocenters. The zero-order chi connectivity index (χ0) is 11.8. The molecule has 0 fully saturated rings. The normalized spacial score (nSPS) is 13.5. The van der Waals surface area contributed by atoms with Gasteiger partial charge in [-0.15, -0.1) is 0 Å². The Morgan fingerprint density at radius 3 is 2.47 bits per heavy atom. The van der Waals surface area contributed by atoms with Crippen molar-refractivity contribution >= 4 is 5.97 Å². The number of carbonyl (C=O) groups is 1. The minimum absolute atomic E-state index is 0.452. The van der Waals surface area contributed by atoms with Crippen molar-refractivity contribution in [3.05, 3.63) is 0 Å². The molecule has 0 aliphatic heterocycles. The van der Waals surface area contributed by atoms with Crippen LogP contribution in [0, 0.1) is 5.92 Å². The number of nitrogens with zero attached hydrogens (tertiary/aromatic N) is 1. The molecule has 0 heterocycles. The predicted molar refractivity (Wildman–Crippen MR) is 62.1 cm³/mol. The van der Waals surface area contributed by atoms with Gasteiger partial charge in [0.2, 0.25) is 0 Å². The van der Waals surface area contributed by atoms with Gasteiger partial charge in [-0.25, -0.2) is 0 Å². The maximum Gasteiger partial charge on any atom is 0.322 e. The van der Waals surface area contributed by atoms with E-state index < -0.39 is 12.0 Å². The van der Waals surface area contributed by atoms with Gasteiger partial charge in [0, 0.05) is 6.54 Å². The Kier molecular flexibility index (Phi) is 7.34. The summed E-state index contributed by atoms with van der Waals surface area (Å²) in [5.41, 5.74) is 0. The largest absolute Gasteiger partial charge is 0.480 e. The van der Waals surface area contributed by atoms with E-state index in [1.54, 1.807) is 0 Å². The van der Waals surface area contributed by atoms with Crippen LogP contribution in [0.1, 0.15) is 27.2 Å². The molecule has 0 saturated carbocycles. The third-order valence-corrected chi connectivity index (χ3v) is 2.33. The van der Waals surface area contributed by atoms with Crippen LogP contribution in [-0.4, -0.2) is 48.7 Å². The SMILES string of the molecule is CCNC(CN(C)CCC(C)C)C(=O)O. The molecule has 0 radical (unpaired) electrons. The second-order valence-electron chi connectivity index (χ2n) is 4.39. The first-order chi connectivity index (χ1) is 6.97. The number of hydrogen-bond acceptors (Lipinski definition) is 3. The van der Waals surface area contributed by atoms with E-state index in [0.29, 0.717) is 19.0 Å². The zero-order valence-corrected chi connectivity index (χ0v) is 10.3. The molecule has 0 rings (SSSR count). The number of nitrogens with one attached hydrogen (secondary N) is 1. The minimum atomic E-state index is -0.770. The highest BCUT2D eigenvalue weighted by molar-refractivity contribution is 5.73. The van der Waals surface area contributed by atoms with Gasteiger partial charge in [0.15, 0.2) is 0 Å². The smallest absolute Gasteiger partial charge is 0.322 e. The molecule has 0 bridgehead atoms. The van der Waals surface area contributed by atoms with Gasteiger partial charge in [-0.2, -0.15) is 0 Å². The Hall–Kier alpha value is -0.610. The van der Waals surface area contributed by atoms with Gasteiger partial charge < -0.3 is 15.3 Å². The third kappa shape index (κ3) is 7.33. The highest BCUT2D eigenvalue weighted by Crippen LogP contribution is 2.01. The first kappa shape index (κ1) is 14.4. The molecule has 4 heteroatoms. The fraction of sp³-hybridized carbons (Fsp3) is 0.909. The van der Waals surface area contributed by atoms with Crippen molar-refractivity contribution < 1.29 is 9.90 Å². The van der Waals surface area contributed by atoms with Crippen molar-refractivity contribution in [3.8, 4) is 0 Å². The Morgan fingerprint density at radius 1 is 1.47 bits per heavy atom. The van der Waals surface area contributed by atoms with Gasteiger partial charge in [0.25, 0.3) is 0 Å². The first-order valence-corrected chi connectivity index (χ1v) is 5.62. The maximum atomic E-state index is 10.9. The fourth-order valence-electron chi connectivity index (χ4n) is 1.36. The number of aliphatic carboxylic acids is 1. The van der Waals surface area contributed by atoms with Crippen molar-refractivity contribution in [1.82, 2.24) is 10.2 Å². The van der Waals surface area contributed by atoms with E-state index >= 15 is 0 Å². The van der Waals surface area contributed by atoms with Gasteiger partial charge in [-0.3, -0.25) is 4.79 Å². The summed E-state index contributed by atoms with van der Waals surface area (Å²) in [6.07, 6.45) is 1.11. The standard InChI is InChI=1S/C11H24N2O2/c1-5-12-10(11(14)15)8-13(4)7-6-9(2)3/h9-10,12H,5-8H2,1-4H3,(H,14,15). The molecule has 0 aliphatic carbocycles. The lowest BCUT2D eigenvalue weighted by molar-refractivity contribution is -0.139. The summed E-state index contributed by atoms with van der Waals surface area (Å²) in [6.45, 7) is 8.47. The van der Waals surface area contributed by atoms with Crippen LogP contribution >= 0.6 is 0 Å². The highest BCUT2D eigenvalue weighted by Gasteiger charge is 2.17. The molecule has 0 saturated heterocycles. The number of carboxylic acid groups (broad SMARTS) is 1. The molecule has 2 N–H and O–H groups in total. The van der Waals surface area contributed by atoms with Crippen LogP contribution in [0.4, 0.5) is 0 Å². The molecule has 0 aromatic rings. The van der Waals surface area contributed by atoms with Gasteiger partial charge in [-0.1, -0.05) is 20.8 Å². The van der Waals surface area contributed by atoms with E-state index in [2.05, 4.69) is 24.1 Å². The quantitative estimate of drug-likeness (QED) is 0.636. The van der Waals surface area contributed by atoms with Gasteiger partial charge in [0.05, 0.1) is 0 Å². The van der Waals surface area contributed by atoms with E-state index in [1.165, 1.54) is 0 Å². The second kappa shape index (κ2) is 7.65. The summed E-state index contributed by atoms with van der Waals surface area (Å²) >= 11 is 0. The summed E-state index contributed by atoms with van der Waals surface area (Å²) in [4.78, 5) is 12.9. The average Bonchev–Trinajstić information content (AvgIpc) is 2.14. The topological polar surface area (TPSA) is 52.6 Å². The van der Waals surface area contributed by atoms with Gasteiger partial charge in [0.1, 0.15) is 6.04 Å². The van der Waals surface area contributed by atoms with E-state index in [4.69, 9.17) is 5.11 Å². The first-order valence-electron chi connectivity index (χ1n) is 5.62. The van der Waals surface area contributed by atoms with E-state index in [1.807, 2.05) is 14.0 Å².